The molecule has 0 aliphatic heterocycles. The average Bonchev–Trinajstić information content (AvgIpc) is 3.23. The maximum absolute atomic E-state index is 11.8. The number of aliphatic hydroxyl groups is 1. The SMILES string of the molecule is CC1(O)[C@H](O[Si](C)(C)C(C)(C)C)CC(OCc2ccccc2)C[C@H]1O[Si](C)(C)C(C)(C)C.CC1(O[Si](C)(C)C)[C@H](O[Si](C)(C)C(C)(C)C)CC(OCc2ccccc2)C[C@H]1O[Si](C)(C)C(C)(C)C.C[Si](C)(C)OS(=O)(=O)C(F)(F)F. The van der Waals surface area contributed by atoms with Gasteiger partial charge in [0.2, 0.25) is 8.32 Å². The van der Waals surface area contributed by atoms with E-state index in [1.54, 1.807) is 0 Å². The molecular formula is C59H113F3O11SSi6. The third kappa shape index (κ3) is 22.1. The summed E-state index contributed by atoms with van der Waals surface area (Å²) in [4.78, 5) is 0. The van der Waals surface area contributed by atoms with Crippen molar-refractivity contribution in [2.75, 3.05) is 0 Å². The van der Waals surface area contributed by atoms with Crippen molar-refractivity contribution in [3.63, 3.8) is 0 Å². The Bertz CT molecular complexity index is 2240. The highest BCUT2D eigenvalue weighted by Crippen LogP contribution is 2.49. The Kier molecular flexibility index (Phi) is 25.4. The van der Waals surface area contributed by atoms with Crippen molar-refractivity contribution in [2.24, 2.45) is 0 Å². The zero-order valence-electron chi connectivity index (χ0n) is 55.1. The lowest BCUT2D eigenvalue weighted by Crippen LogP contribution is -2.66. The van der Waals surface area contributed by atoms with Crippen LogP contribution in [0.15, 0.2) is 60.7 Å². The lowest BCUT2D eigenvalue weighted by atomic mass is 9.79. The highest BCUT2D eigenvalue weighted by molar-refractivity contribution is 7.88. The summed E-state index contributed by atoms with van der Waals surface area (Å²) in [6.45, 7) is 62.0. The number of benzene rings is 2. The summed E-state index contributed by atoms with van der Waals surface area (Å²) in [6, 6.07) is 20.7. The second-order valence-electron chi connectivity index (χ2n) is 31.0. The van der Waals surface area contributed by atoms with E-state index in [0.29, 0.717) is 26.1 Å². The van der Waals surface area contributed by atoms with Crippen LogP contribution >= 0.6 is 0 Å². The van der Waals surface area contributed by atoms with Gasteiger partial charge in [-0.15, -0.1) is 0 Å². The molecule has 0 heterocycles. The highest BCUT2D eigenvalue weighted by atomic mass is 32.2. The van der Waals surface area contributed by atoms with E-state index >= 15 is 0 Å². The Balaban J connectivity index is 0.000000456. The molecule has 0 amide bonds. The largest absolute Gasteiger partial charge is 0.522 e. The molecule has 0 bridgehead atoms. The quantitative estimate of drug-likeness (QED) is 0.113. The summed E-state index contributed by atoms with van der Waals surface area (Å²) in [7, 11) is -18.3. The van der Waals surface area contributed by atoms with Crippen LogP contribution in [0.3, 0.4) is 0 Å². The second kappa shape index (κ2) is 27.0. The molecule has 0 radical (unpaired) electrons. The van der Waals surface area contributed by atoms with Gasteiger partial charge < -0.3 is 40.6 Å². The standard InChI is InChI=1S/C29H56O4Si3.C26H48O4Si2.C4H9F3O3SSi/c1-27(2,3)35(11,12)31-25-20-24(30-22-23-18-16-15-17-19-23)21-26(29(25,7)33-34(8,9)10)32-36(13,14)28(4,5)6;1-24(2,3)31(8,9)29-22-17-21(28-19-20-15-13-12-14-16-20)18-23(26(22,7)27)30-32(10,11)25(4,5)6;1-12(2,3)10-11(8,9)4(5,6)7/h15-19,24-26H,20-22H2,1-14H3;12-16,21-23,27H,17-19H2,1-11H3;1-3H3/t24?,25-,26-,29?;21?,22-,23-,26?;/m11./s1. The van der Waals surface area contributed by atoms with Gasteiger partial charge in [0.1, 0.15) is 11.2 Å². The number of alkyl halides is 3. The first-order chi connectivity index (χ1) is 35.4. The molecule has 0 unspecified atom stereocenters. The van der Waals surface area contributed by atoms with Crippen molar-refractivity contribution in [1.29, 1.82) is 0 Å². The molecule has 4 rings (SSSR count). The molecule has 2 aliphatic carbocycles. The lowest BCUT2D eigenvalue weighted by molar-refractivity contribution is -0.178. The number of ether oxygens (including phenoxy) is 2. The van der Waals surface area contributed by atoms with Crippen molar-refractivity contribution in [2.45, 2.75) is 301 Å². The first-order valence-corrected chi connectivity index (χ1v) is 48.7. The van der Waals surface area contributed by atoms with Crippen LogP contribution < -0.4 is 0 Å². The van der Waals surface area contributed by atoms with E-state index in [4.69, 9.17) is 31.6 Å². The fourth-order valence-corrected chi connectivity index (χ4v) is 18.5. The van der Waals surface area contributed by atoms with E-state index in [9.17, 15) is 26.7 Å². The smallest absolute Gasteiger partial charge is 0.411 e. The molecule has 2 aliphatic rings. The van der Waals surface area contributed by atoms with Gasteiger partial charge in [0, 0.05) is 25.7 Å². The molecule has 0 aromatic heterocycles. The Morgan fingerprint density at radius 1 is 0.475 bits per heavy atom. The van der Waals surface area contributed by atoms with Crippen LogP contribution in [0.1, 0.15) is 134 Å². The summed E-state index contributed by atoms with van der Waals surface area (Å²) in [6.07, 6.45) is 2.31. The molecule has 21 heteroatoms. The summed E-state index contributed by atoms with van der Waals surface area (Å²) >= 11 is 0. The van der Waals surface area contributed by atoms with Crippen LogP contribution in [0.2, 0.25) is 112 Å². The van der Waals surface area contributed by atoms with Gasteiger partial charge in [-0.2, -0.15) is 21.6 Å². The van der Waals surface area contributed by atoms with Crippen molar-refractivity contribution < 1.29 is 62.2 Å². The van der Waals surface area contributed by atoms with Gasteiger partial charge >= 0.3 is 15.6 Å². The minimum Gasteiger partial charge on any atom is -0.411 e. The molecule has 466 valence electrons. The molecule has 2 fully saturated rings. The Morgan fingerprint density at radius 2 is 0.738 bits per heavy atom. The third-order valence-electron chi connectivity index (χ3n) is 17.3. The monoisotopic (exact) mass is 1250 g/mol. The molecule has 2 aromatic carbocycles. The molecule has 80 heavy (non-hydrogen) atoms. The van der Waals surface area contributed by atoms with Crippen molar-refractivity contribution in [1.82, 2.24) is 0 Å². The van der Waals surface area contributed by atoms with Crippen molar-refractivity contribution >= 4 is 60.0 Å². The maximum atomic E-state index is 11.8. The van der Waals surface area contributed by atoms with E-state index in [-0.39, 0.29) is 56.8 Å². The van der Waals surface area contributed by atoms with Crippen molar-refractivity contribution in [3.05, 3.63) is 71.8 Å². The summed E-state index contributed by atoms with van der Waals surface area (Å²) in [5.74, 6) is 0. The summed E-state index contributed by atoms with van der Waals surface area (Å²) in [5.41, 5.74) is -4.52. The normalized spacial score (nSPS) is 25.5. The van der Waals surface area contributed by atoms with Gasteiger partial charge in [-0.05, 0) is 137 Å². The summed E-state index contributed by atoms with van der Waals surface area (Å²) in [5, 5.41) is 12.1. The van der Waals surface area contributed by atoms with Gasteiger partial charge in [-0.1, -0.05) is 144 Å². The van der Waals surface area contributed by atoms with Crippen molar-refractivity contribution in [3.8, 4) is 0 Å². The Labute approximate surface area is 492 Å². The average molecular weight is 1260 g/mol. The molecule has 4 atom stereocenters. The van der Waals surface area contributed by atoms with E-state index in [2.05, 4.69) is 208 Å². The number of rotatable bonds is 18. The molecule has 2 aromatic rings. The Hall–Kier alpha value is -0.879. The van der Waals surface area contributed by atoms with Crippen LogP contribution in [0.25, 0.3) is 0 Å². The molecule has 11 nitrogen and oxygen atoms in total. The zero-order chi connectivity index (χ0) is 62.6. The topological polar surface area (TPSA) is 128 Å². The van der Waals surface area contributed by atoms with Crippen LogP contribution in [0.5, 0.6) is 0 Å². The predicted octanol–water partition coefficient (Wildman–Crippen LogP) is 17.3. The van der Waals surface area contributed by atoms with Crippen LogP contribution in [0, 0.1) is 0 Å². The lowest BCUT2D eigenvalue weighted by Gasteiger charge is -2.56. The van der Waals surface area contributed by atoms with Crippen LogP contribution in [-0.2, 0) is 58.8 Å². The van der Waals surface area contributed by atoms with E-state index in [1.807, 2.05) is 25.1 Å². The first kappa shape index (κ1) is 75.2. The fourth-order valence-electron chi connectivity index (χ4n) is 8.32. The summed E-state index contributed by atoms with van der Waals surface area (Å²) < 4.78 is 108. The number of halogens is 3. The second-order valence-corrected chi connectivity index (χ2v) is 60.7. The van der Waals surface area contributed by atoms with E-state index in [0.717, 1.165) is 18.4 Å². The van der Waals surface area contributed by atoms with Crippen LogP contribution in [-0.4, -0.2) is 117 Å². The molecular weight excluding hydrogens is 1140 g/mol. The van der Waals surface area contributed by atoms with E-state index in [1.165, 1.54) is 25.2 Å². The molecule has 2 saturated carbocycles. The number of hydrogen-bond acceptors (Lipinski definition) is 11. The first-order valence-electron chi connectivity index (χ1n) is 28.9. The predicted molar refractivity (Wildman–Crippen MR) is 340 cm³/mol. The zero-order valence-corrected chi connectivity index (χ0v) is 61.9. The van der Waals surface area contributed by atoms with Gasteiger partial charge in [0.05, 0.1) is 49.8 Å². The van der Waals surface area contributed by atoms with Gasteiger partial charge in [0.25, 0.3) is 0 Å². The molecule has 0 saturated heterocycles. The molecule has 0 spiro atoms. The van der Waals surface area contributed by atoms with E-state index < -0.39 is 76.7 Å². The minimum absolute atomic E-state index is 0.0139. The molecule has 1 N–H and O–H groups in total. The maximum Gasteiger partial charge on any atom is 0.522 e. The van der Waals surface area contributed by atoms with Gasteiger partial charge in [-0.3, -0.25) is 0 Å². The van der Waals surface area contributed by atoms with Gasteiger partial charge in [-0.25, -0.2) is 0 Å². The third-order valence-corrected chi connectivity index (χ3v) is 39.7. The highest BCUT2D eigenvalue weighted by Gasteiger charge is 2.58. The number of hydrogen-bond donors (Lipinski definition) is 1. The Morgan fingerprint density at radius 3 is 0.963 bits per heavy atom. The van der Waals surface area contributed by atoms with Gasteiger partial charge in [0.15, 0.2) is 41.6 Å². The fraction of sp³-hybridized carbons (Fsp3) is 0.797. The van der Waals surface area contributed by atoms with Crippen LogP contribution in [0.4, 0.5) is 13.2 Å². The minimum atomic E-state index is -5.39.